The van der Waals surface area contributed by atoms with Gasteiger partial charge in [0.25, 0.3) is 6.43 Å². The Morgan fingerprint density at radius 3 is 2.79 bits per heavy atom. The minimum Gasteiger partial charge on any atom is -0.367 e. The zero-order valence-electron chi connectivity index (χ0n) is 17.8. The summed E-state index contributed by atoms with van der Waals surface area (Å²) < 4.78 is 70.3. The van der Waals surface area contributed by atoms with Crippen LogP contribution in [-0.2, 0) is 10.0 Å². The van der Waals surface area contributed by atoms with Gasteiger partial charge in [0.05, 0.1) is 22.9 Å². The molecule has 3 aromatic heterocycles. The van der Waals surface area contributed by atoms with Crippen LogP contribution in [0.4, 0.5) is 18.9 Å². The summed E-state index contributed by atoms with van der Waals surface area (Å²) in [5.41, 5.74) is 1.30. The first kappa shape index (κ1) is 22.6. The number of hydrogen-bond acceptors (Lipinski definition) is 7. The highest BCUT2D eigenvalue weighted by Crippen LogP contribution is 2.38. The molecular weight excluding hydrogens is 477 g/mol. The van der Waals surface area contributed by atoms with Gasteiger partial charge in [0.1, 0.15) is 11.6 Å². The second kappa shape index (κ2) is 8.22. The van der Waals surface area contributed by atoms with E-state index in [2.05, 4.69) is 20.2 Å². The summed E-state index contributed by atoms with van der Waals surface area (Å²) in [6.45, 7) is 2.79. The van der Waals surface area contributed by atoms with Crippen LogP contribution in [0.3, 0.4) is 0 Å². The van der Waals surface area contributed by atoms with E-state index in [1.807, 2.05) is 11.8 Å². The lowest BCUT2D eigenvalue weighted by atomic mass is 10.2. The predicted molar refractivity (Wildman–Crippen MR) is 119 cm³/mol. The van der Waals surface area contributed by atoms with Gasteiger partial charge in [-0.05, 0) is 38.0 Å². The second-order valence-corrected chi connectivity index (χ2v) is 11.4. The molecule has 0 bridgehead atoms. The fourth-order valence-corrected chi connectivity index (χ4v) is 6.19. The average molecular weight is 501 g/mol. The van der Waals surface area contributed by atoms with E-state index in [-0.39, 0.29) is 15.9 Å². The Balaban J connectivity index is 1.65. The molecule has 1 aliphatic heterocycles. The predicted octanol–water partition coefficient (Wildman–Crippen LogP) is 2.97. The van der Waals surface area contributed by atoms with Crippen LogP contribution in [0.25, 0.3) is 16.2 Å². The summed E-state index contributed by atoms with van der Waals surface area (Å²) in [7, 11) is -3.85. The molecule has 2 fully saturated rings. The van der Waals surface area contributed by atoms with Gasteiger partial charge in [-0.15, -0.1) is 10.2 Å². The number of halogens is 3. The van der Waals surface area contributed by atoms with Crippen LogP contribution in [0, 0.1) is 0 Å². The lowest BCUT2D eigenvalue weighted by Crippen LogP contribution is -2.51. The van der Waals surface area contributed by atoms with E-state index in [1.165, 1.54) is 6.20 Å². The summed E-state index contributed by atoms with van der Waals surface area (Å²) in [6.07, 6.45) is 0.247. The molecule has 8 nitrogen and oxygen atoms in total. The van der Waals surface area contributed by atoms with E-state index < -0.39 is 33.7 Å². The van der Waals surface area contributed by atoms with Crippen LogP contribution in [-0.4, -0.2) is 60.9 Å². The molecule has 0 unspecified atom stereocenters. The maximum atomic E-state index is 13.4. The molecule has 0 aromatic carbocycles. The van der Waals surface area contributed by atoms with Gasteiger partial charge in [0.15, 0.2) is 10.0 Å². The monoisotopic (exact) mass is 500 g/mol. The molecule has 1 aliphatic carbocycles. The first-order valence-electron chi connectivity index (χ1n) is 10.5. The van der Waals surface area contributed by atoms with Crippen LogP contribution >= 0.6 is 11.3 Å². The average Bonchev–Trinajstić information content (AvgIpc) is 3.19. The molecule has 1 saturated heterocycles. The summed E-state index contributed by atoms with van der Waals surface area (Å²) >= 11 is 0.761. The highest BCUT2D eigenvalue weighted by atomic mass is 32.2. The molecule has 33 heavy (non-hydrogen) atoms. The normalized spacial score (nSPS) is 20.6. The summed E-state index contributed by atoms with van der Waals surface area (Å²) in [4.78, 5) is 1.99. The van der Waals surface area contributed by atoms with Crippen molar-refractivity contribution in [2.24, 2.45) is 0 Å². The van der Waals surface area contributed by atoms with E-state index in [4.69, 9.17) is 0 Å². The van der Waals surface area contributed by atoms with Gasteiger partial charge in [-0.1, -0.05) is 11.3 Å². The minimum atomic E-state index is -3.85. The standard InChI is InChI=1S/C20H23F3N6O2S2/c1-20(4-5-20)27-33(30,31)13-8-16(28-7-6-24-12(9-21)10-28)14-2-3-15(29(14)11-13)18-25-26-19(32-18)17(22)23/h2-3,8,11-12,17,24,27H,4-7,9-10H2,1H3/t12-/m1/s1. The number of nitrogens with one attached hydrogen (secondary N) is 2. The summed E-state index contributed by atoms with van der Waals surface area (Å²) in [5, 5.41) is 10.4. The maximum Gasteiger partial charge on any atom is 0.291 e. The molecule has 178 valence electrons. The molecule has 0 spiro atoms. The van der Waals surface area contributed by atoms with Crippen molar-refractivity contribution in [1.29, 1.82) is 0 Å². The van der Waals surface area contributed by atoms with Gasteiger partial charge in [0.2, 0.25) is 10.0 Å². The third-order valence-corrected chi connectivity index (χ3v) is 8.59. The Hall–Kier alpha value is -2.22. The Morgan fingerprint density at radius 2 is 2.12 bits per heavy atom. The fraction of sp³-hybridized carbons (Fsp3) is 0.500. The van der Waals surface area contributed by atoms with Crippen molar-refractivity contribution in [2.45, 2.75) is 42.7 Å². The Bertz CT molecular complexity index is 1290. The van der Waals surface area contributed by atoms with Crippen molar-refractivity contribution in [3.63, 3.8) is 0 Å². The van der Waals surface area contributed by atoms with E-state index in [0.717, 1.165) is 24.2 Å². The third-order valence-electron chi connectivity index (χ3n) is 6.04. The van der Waals surface area contributed by atoms with Crippen molar-refractivity contribution in [2.75, 3.05) is 31.2 Å². The highest BCUT2D eigenvalue weighted by molar-refractivity contribution is 7.89. The SMILES string of the molecule is CC1(NS(=O)(=O)c2cc(N3CCN[C@H](CF)C3)c3ccc(-c4nnc(C(F)F)s4)n3c2)CC1. The van der Waals surface area contributed by atoms with Crippen LogP contribution in [0.2, 0.25) is 0 Å². The number of anilines is 1. The first-order chi connectivity index (χ1) is 15.7. The Morgan fingerprint density at radius 1 is 1.33 bits per heavy atom. The largest absolute Gasteiger partial charge is 0.367 e. The number of aromatic nitrogens is 3. The fourth-order valence-electron chi connectivity index (χ4n) is 3.99. The molecule has 13 heteroatoms. The molecule has 5 rings (SSSR count). The molecule has 0 amide bonds. The van der Waals surface area contributed by atoms with Crippen molar-refractivity contribution in [1.82, 2.24) is 24.6 Å². The summed E-state index contributed by atoms with van der Waals surface area (Å²) in [5.74, 6) is 0. The van der Waals surface area contributed by atoms with Crippen LogP contribution in [0.15, 0.2) is 29.3 Å². The van der Waals surface area contributed by atoms with Crippen molar-refractivity contribution >= 4 is 32.6 Å². The van der Waals surface area contributed by atoms with Gasteiger partial charge in [-0.25, -0.2) is 26.3 Å². The maximum absolute atomic E-state index is 13.4. The third kappa shape index (κ3) is 4.34. The zero-order valence-corrected chi connectivity index (χ0v) is 19.4. The number of piperazine rings is 1. The van der Waals surface area contributed by atoms with Crippen LogP contribution in [0.5, 0.6) is 0 Å². The smallest absolute Gasteiger partial charge is 0.291 e. The number of sulfonamides is 1. The van der Waals surface area contributed by atoms with E-state index in [9.17, 15) is 21.6 Å². The van der Waals surface area contributed by atoms with Crippen molar-refractivity contribution < 1.29 is 21.6 Å². The quantitative estimate of drug-likeness (QED) is 0.518. The van der Waals surface area contributed by atoms with E-state index in [1.54, 1.807) is 22.6 Å². The molecule has 1 atom stereocenters. The van der Waals surface area contributed by atoms with Gasteiger partial charge in [-0.2, -0.15) is 0 Å². The van der Waals surface area contributed by atoms with E-state index in [0.29, 0.717) is 36.5 Å². The molecule has 2 N–H and O–H groups in total. The van der Waals surface area contributed by atoms with Gasteiger partial charge in [0, 0.05) is 31.4 Å². The lowest BCUT2D eigenvalue weighted by Gasteiger charge is -2.34. The second-order valence-electron chi connectivity index (χ2n) is 8.70. The molecule has 1 saturated carbocycles. The molecule has 2 aliphatic rings. The van der Waals surface area contributed by atoms with Crippen LogP contribution in [0.1, 0.15) is 31.2 Å². The first-order valence-corrected chi connectivity index (χ1v) is 12.8. The van der Waals surface area contributed by atoms with Gasteiger partial charge < -0.3 is 14.6 Å². The Labute approximate surface area is 192 Å². The van der Waals surface area contributed by atoms with Crippen LogP contribution < -0.4 is 14.9 Å². The Kier molecular flexibility index (Phi) is 5.62. The van der Waals surface area contributed by atoms with Crippen molar-refractivity contribution in [3.05, 3.63) is 29.4 Å². The number of hydrogen-bond donors (Lipinski definition) is 2. The topological polar surface area (TPSA) is 91.6 Å². The number of nitrogens with zero attached hydrogens (tertiary/aromatic N) is 4. The number of alkyl halides is 3. The number of rotatable bonds is 7. The number of pyridine rings is 1. The summed E-state index contributed by atoms with van der Waals surface area (Å²) in [6, 6.07) is 4.72. The molecule has 3 aromatic rings. The zero-order chi connectivity index (χ0) is 23.4. The molecule has 0 radical (unpaired) electrons. The van der Waals surface area contributed by atoms with Gasteiger partial charge >= 0.3 is 0 Å². The van der Waals surface area contributed by atoms with Crippen molar-refractivity contribution in [3.8, 4) is 10.7 Å². The molecule has 4 heterocycles. The van der Waals surface area contributed by atoms with E-state index >= 15 is 0 Å². The molecular formula is C20H23F3N6O2S2. The minimum absolute atomic E-state index is 0.0458. The number of fused-ring (bicyclic) bond motifs is 1. The highest BCUT2D eigenvalue weighted by Gasteiger charge is 2.41. The van der Waals surface area contributed by atoms with Gasteiger partial charge in [-0.3, -0.25) is 0 Å². The lowest BCUT2D eigenvalue weighted by molar-refractivity contribution is 0.150.